The van der Waals surface area contributed by atoms with Gasteiger partial charge < -0.3 is 0 Å². The first kappa shape index (κ1) is 9.25. The van der Waals surface area contributed by atoms with Gasteiger partial charge in [0.15, 0.2) is 0 Å². The third-order valence-electron chi connectivity index (χ3n) is 2.63. The van der Waals surface area contributed by atoms with Crippen molar-refractivity contribution >= 4 is 10.9 Å². The summed E-state index contributed by atoms with van der Waals surface area (Å²) in [7, 11) is 0. The van der Waals surface area contributed by atoms with E-state index in [-0.39, 0.29) is 0 Å². The van der Waals surface area contributed by atoms with Gasteiger partial charge in [0.2, 0.25) is 0 Å². The summed E-state index contributed by atoms with van der Waals surface area (Å²) in [4.78, 5) is 0. The third kappa shape index (κ3) is 1.41. The first-order valence-electron chi connectivity index (χ1n) is 5.19. The van der Waals surface area contributed by atoms with Crippen molar-refractivity contribution in [2.75, 3.05) is 0 Å². The van der Waals surface area contributed by atoms with E-state index in [1.807, 2.05) is 0 Å². The van der Waals surface area contributed by atoms with Crippen molar-refractivity contribution in [1.82, 2.24) is 10.2 Å². The number of fused-ring (bicyclic) bond motifs is 1. The SMILES string of the molecule is CCc1ccc2c(C(C)C)[nH]nc2c1. The molecule has 1 heterocycles. The Kier molecular flexibility index (Phi) is 2.28. The molecule has 0 atom stereocenters. The predicted octanol–water partition coefficient (Wildman–Crippen LogP) is 3.25. The van der Waals surface area contributed by atoms with Crippen LogP contribution in [-0.4, -0.2) is 10.2 Å². The number of H-pyrrole nitrogens is 1. The normalized spacial score (nSPS) is 11.4. The van der Waals surface area contributed by atoms with Gasteiger partial charge in [0.25, 0.3) is 0 Å². The first-order chi connectivity index (χ1) is 6.72. The lowest BCUT2D eigenvalue weighted by molar-refractivity contribution is 0.818. The van der Waals surface area contributed by atoms with E-state index in [0.29, 0.717) is 5.92 Å². The van der Waals surface area contributed by atoms with Crippen LogP contribution in [0.3, 0.4) is 0 Å². The molecule has 74 valence electrons. The Morgan fingerprint density at radius 3 is 2.79 bits per heavy atom. The molecule has 14 heavy (non-hydrogen) atoms. The van der Waals surface area contributed by atoms with Crippen LogP contribution < -0.4 is 0 Å². The highest BCUT2D eigenvalue weighted by molar-refractivity contribution is 5.82. The van der Waals surface area contributed by atoms with Gasteiger partial charge in [0.05, 0.1) is 5.52 Å². The predicted molar refractivity (Wildman–Crippen MR) is 59.6 cm³/mol. The summed E-state index contributed by atoms with van der Waals surface area (Å²) in [5, 5.41) is 8.70. The summed E-state index contributed by atoms with van der Waals surface area (Å²) in [5.41, 5.74) is 3.68. The quantitative estimate of drug-likeness (QED) is 0.770. The number of rotatable bonds is 2. The zero-order chi connectivity index (χ0) is 10.1. The molecule has 0 fully saturated rings. The lowest BCUT2D eigenvalue weighted by Crippen LogP contribution is -1.87. The molecule has 0 amide bonds. The molecule has 0 bridgehead atoms. The number of hydrogen-bond donors (Lipinski definition) is 1. The second-order valence-electron chi connectivity index (χ2n) is 4.00. The van der Waals surface area contributed by atoms with E-state index in [1.165, 1.54) is 16.6 Å². The molecule has 2 aromatic rings. The summed E-state index contributed by atoms with van der Waals surface area (Å²) >= 11 is 0. The Bertz CT molecular complexity index is 441. The Labute approximate surface area is 84.3 Å². The van der Waals surface area contributed by atoms with Crippen LogP contribution in [0.25, 0.3) is 10.9 Å². The molecular formula is C12H16N2. The van der Waals surface area contributed by atoms with Crippen LogP contribution in [0.4, 0.5) is 0 Å². The zero-order valence-electron chi connectivity index (χ0n) is 8.96. The average Bonchev–Trinajstić information content (AvgIpc) is 2.59. The van der Waals surface area contributed by atoms with Gasteiger partial charge in [-0.1, -0.05) is 32.9 Å². The molecule has 0 spiro atoms. The fourth-order valence-electron chi connectivity index (χ4n) is 1.74. The molecule has 1 aromatic carbocycles. The largest absolute Gasteiger partial charge is 0.281 e. The molecule has 0 saturated carbocycles. The minimum atomic E-state index is 0.507. The maximum Gasteiger partial charge on any atom is 0.0926 e. The van der Waals surface area contributed by atoms with E-state index in [1.54, 1.807) is 0 Å². The molecule has 1 aromatic heterocycles. The molecule has 0 saturated heterocycles. The number of benzene rings is 1. The van der Waals surface area contributed by atoms with Gasteiger partial charge in [-0.25, -0.2) is 0 Å². The molecule has 2 rings (SSSR count). The van der Waals surface area contributed by atoms with E-state index in [2.05, 4.69) is 49.2 Å². The zero-order valence-corrected chi connectivity index (χ0v) is 8.96. The number of nitrogens with one attached hydrogen (secondary N) is 1. The summed E-state index contributed by atoms with van der Waals surface area (Å²) in [6, 6.07) is 6.52. The topological polar surface area (TPSA) is 28.7 Å². The van der Waals surface area contributed by atoms with E-state index in [4.69, 9.17) is 0 Å². The summed E-state index contributed by atoms with van der Waals surface area (Å²) in [6.07, 6.45) is 1.07. The Morgan fingerprint density at radius 1 is 1.36 bits per heavy atom. The Morgan fingerprint density at radius 2 is 2.14 bits per heavy atom. The van der Waals surface area contributed by atoms with Gasteiger partial charge in [0.1, 0.15) is 0 Å². The van der Waals surface area contributed by atoms with Gasteiger partial charge >= 0.3 is 0 Å². The minimum Gasteiger partial charge on any atom is -0.281 e. The highest BCUT2D eigenvalue weighted by atomic mass is 15.1. The smallest absolute Gasteiger partial charge is 0.0926 e. The third-order valence-corrected chi connectivity index (χ3v) is 2.63. The van der Waals surface area contributed by atoms with Crippen LogP contribution in [0.2, 0.25) is 0 Å². The van der Waals surface area contributed by atoms with Gasteiger partial charge in [-0.2, -0.15) is 5.10 Å². The van der Waals surface area contributed by atoms with Crippen molar-refractivity contribution in [3.63, 3.8) is 0 Å². The minimum absolute atomic E-state index is 0.507. The van der Waals surface area contributed by atoms with E-state index in [0.717, 1.165) is 11.9 Å². The lowest BCUT2D eigenvalue weighted by atomic mass is 10.0. The van der Waals surface area contributed by atoms with Crippen LogP contribution in [0.1, 0.15) is 37.9 Å². The van der Waals surface area contributed by atoms with E-state index < -0.39 is 0 Å². The molecule has 0 radical (unpaired) electrons. The van der Waals surface area contributed by atoms with Gasteiger partial charge in [-0.15, -0.1) is 0 Å². The molecule has 2 heteroatoms. The van der Waals surface area contributed by atoms with Crippen LogP contribution >= 0.6 is 0 Å². The highest BCUT2D eigenvalue weighted by Crippen LogP contribution is 2.23. The van der Waals surface area contributed by atoms with Crippen molar-refractivity contribution in [3.05, 3.63) is 29.5 Å². The van der Waals surface area contributed by atoms with Gasteiger partial charge in [-0.05, 0) is 24.0 Å². The second-order valence-corrected chi connectivity index (χ2v) is 4.00. The standard InChI is InChI=1S/C12H16N2/c1-4-9-5-6-10-11(7-9)13-14-12(10)8(2)3/h5-8H,4H2,1-3H3,(H,13,14). The van der Waals surface area contributed by atoms with Crippen molar-refractivity contribution in [2.24, 2.45) is 0 Å². The van der Waals surface area contributed by atoms with E-state index >= 15 is 0 Å². The fraction of sp³-hybridized carbons (Fsp3) is 0.417. The molecule has 0 unspecified atom stereocenters. The lowest BCUT2D eigenvalue weighted by Gasteiger charge is -2.01. The van der Waals surface area contributed by atoms with Crippen molar-refractivity contribution in [2.45, 2.75) is 33.1 Å². The van der Waals surface area contributed by atoms with Gasteiger partial charge in [0, 0.05) is 11.1 Å². The van der Waals surface area contributed by atoms with Crippen LogP contribution in [0.5, 0.6) is 0 Å². The van der Waals surface area contributed by atoms with Crippen LogP contribution in [0, 0.1) is 0 Å². The van der Waals surface area contributed by atoms with Crippen molar-refractivity contribution < 1.29 is 0 Å². The molecule has 0 aliphatic heterocycles. The van der Waals surface area contributed by atoms with Crippen LogP contribution in [-0.2, 0) is 6.42 Å². The summed E-state index contributed by atoms with van der Waals surface area (Å²) < 4.78 is 0. The number of hydrogen-bond acceptors (Lipinski definition) is 1. The summed E-state index contributed by atoms with van der Waals surface area (Å²) in [5.74, 6) is 0.507. The monoisotopic (exact) mass is 188 g/mol. The Balaban J connectivity index is 2.59. The molecule has 2 nitrogen and oxygen atoms in total. The average molecular weight is 188 g/mol. The second kappa shape index (κ2) is 3.45. The highest BCUT2D eigenvalue weighted by Gasteiger charge is 2.08. The number of nitrogens with zero attached hydrogens (tertiary/aromatic N) is 1. The van der Waals surface area contributed by atoms with E-state index in [9.17, 15) is 0 Å². The van der Waals surface area contributed by atoms with Crippen molar-refractivity contribution in [1.29, 1.82) is 0 Å². The fourth-order valence-corrected chi connectivity index (χ4v) is 1.74. The van der Waals surface area contributed by atoms with Gasteiger partial charge in [-0.3, -0.25) is 5.10 Å². The van der Waals surface area contributed by atoms with Crippen LogP contribution in [0.15, 0.2) is 18.2 Å². The maximum absolute atomic E-state index is 4.32. The first-order valence-corrected chi connectivity index (χ1v) is 5.19. The number of aryl methyl sites for hydroxylation is 1. The maximum atomic E-state index is 4.32. The molecule has 0 aliphatic rings. The number of aromatic amines is 1. The molecule has 0 aliphatic carbocycles. The summed E-state index contributed by atoms with van der Waals surface area (Å²) in [6.45, 7) is 6.53. The molecular weight excluding hydrogens is 172 g/mol. The Hall–Kier alpha value is -1.31. The number of aromatic nitrogens is 2. The van der Waals surface area contributed by atoms with Crippen molar-refractivity contribution in [3.8, 4) is 0 Å². The molecule has 1 N–H and O–H groups in total.